The Bertz CT molecular complexity index is 1270. The Morgan fingerprint density at radius 3 is 1.56 bits per heavy atom. The molecule has 0 aromatic carbocycles. The topological polar surface area (TPSA) is 238 Å². The molecule has 22 heteroatoms. The van der Waals surface area contributed by atoms with Crippen LogP contribution in [0.25, 0.3) is 0 Å². The Hall–Kier alpha value is -1.61. The van der Waals surface area contributed by atoms with E-state index in [0.29, 0.717) is 51.6 Å². The standard InChI is InChI=1S/C32H56N2O17P2S/c1-32(2,3)51-53(41,42)50-24-22-47-20-18-45-16-14-43-13-15-44-17-19-46-21-23-49-52(39,40)48-12-6-4-5-7-25-54-27-26-30(37)34(31(27)38)11-10-33-28(35)8-9-29(33)36/h8-9,27H,4-7,10-26H2,1-3H3,(H,39,40)(H,41,42)/p-2. The molecule has 2 rings (SSSR count). The number of nitrogens with zero attached hydrogens (tertiary/aromatic N) is 2. The monoisotopic (exact) mass is 832 g/mol. The van der Waals surface area contributed by atoms with Gasteiger partial charge in [0.1, 0.15) is 0 Å². The van der Waals surface area contributed by atoms with Gasteiger partial charge in [-0.2, -0.15) is 0 Å². The smallest absolute Gasteiger partial charge is 0.268 e. The number of carbonyl (C=O) groups excluding carboxylic acids is 4. The second kappa shape index (κ2) is 26.3. The fourth-order valence-electron chi connectivity index (χ4n) is 4.63. The number of amides is 4. The molecule has 3 unspecified atom stereocenters. The predicted molar refractivity (Wildman–Crippen MR) is 190 cm³/mol. The molecule has 0 aromatic heterocycles. The van der Waals surface area contributed by atoms with Crippen LogP contribution in [0.4, 0.5) is 0 Å². The summed E-state index contributed by atoms with van der Waals surface area (Å²) in [6.45, 7) is 6.98. The number of imide groups is 2. The molecule has 0 bridgehead atoms. The van der Waals surface area contributed by atoms with Crippen LogP contribution >= 0.6 is 27.4 Å². The van der Waals surface area contributed by atoms with Crippen molar-refractivity contribution in [1.29, 1.82) is 0 Å². The minimum absolute atomic E-state index is 0.0195. The first kappa shape index (κ1) is 48.5. The van der Waals surface area contributed by atoms with E-state index in [2.05, 4.69) is 0 Å². The number of phosphoric ester groups is 2. The van der Waals surface area contributed by atoms with Gasteiger partial charge in [0.25, 0.3) is 27.5 Å². The highest BCUT2D eigenvalue weighted by Gasteiger charge is 2.39. The molecule has 0 N–H and O–H groups in total. The van der Waals surface area contributed by atoms with Gasteiger partial charge < -0.3 is 51.6 Å². The maximum Gasteiger partial charge on any atom is 0.268 e. The molecule has 54 heavy (non-hydrogen) atoms. The third kappa shape index (κ3) is 22.2. The van der Waals surface area contributed by atoms with Gasteiger partial charge >= 0.3 is 0 Å². The first-order valence-electron chi connectivity index (χ1n) is 17.7. The summed E-state index contributed by atoms with van der Waals surface area (Å²) in [7, 11) is -8.83. The number of carbonyl (C=O) groups is 4. The van der Waals surface area contributed by atoms with Crippen molar-refractivity contribution in [2.45, 2.75) is 63.7 Å². The normalized spacial score (nSPS) is 18.6. The van der Waals surface area contributed by atoms with Crippen LogP contribution in [0.3, 0.4) is 0 Å². The Labute approximate surface area is 320 Å². The van der Waals surface area contributed by atoms with E-state index in [0.717, 1.165) is 34.8 Å². The molecule has 1 saturated heterocycles. The third-order valence-electron chi connectivity index (χ3n) is 7.09. The molecular weight excluding hydrogens is 778 g/mol. The molecule has 2 aliphatic heterocycles. The molecule has 1 fully saturated rings. The molecule has 312 valence electrons. The van der Waals surface area contributed by atoms with Crippen molar-refractivity contribution < 1.29 is 79.9 Å². The van der Waals surface area contributed by atoms with Crippen molar-refractivity contribution in [2.24, 2.45) is 0 Å². The number of hydrogen-bond donors (Lipinski definition) is 0. The van der Waals surface area contributed by atoms with Crippen LogP contribution in [0, 0.1) is 0 Å². The fraction of sp³-hybridized carbons (Fsp3) is 0.812. The molecule has 0 spiro atoms. The highest BCUT2D eigenvalue weighted by Crippen LogP contribution is 2.42. The van der Waals surface area contributed by atoms with E-state index in [1.165, 1.54) is 11.8 Å². The van der Waals surface area contributed by atoms with Gasteiger partial charge in [-0.15, -0.1) is 11.8 Å². The van der Waals surface area contributed by atoms with E-state index in [4.69, 9.17) is 41.8 Å². The maximum absolute atomic E-state index is 12.6. The van der Waals surface area contributed by atoms with Crippen molar-refractivity contribution in [2.75, 3.05) is 105 Å². The molecule has 0 saturated carbocycles. The van der Waals surface area contributed by atoms with E-state index in [1.54, 1.807) is 20.8 Å². The number of rotatable bonds is 33. The molecule has 2 aliphatic rings. The molecule has 4 amide bonds. The average molecular weight is 833 g/mol. The first-order chi connectivity index (χ1) is 25.6. The summed E-state index contributed by atoms with van der Waals surface area (Å²) in [6.07, 6.45) is 5.15. The van der Waals surface area contributed by atoms with Crippen LogP contribution in [0.15, 0.2) is 12.2 Å². The highest BCUT2D eigenvalue weighted by atomic mass is 32.2. The van der Waals surface area contributed by atoms with Crippen molar-refractivity contribution in [3.8, 4) is 0 Å². The Morgan fingerprint density at radius 2 is 1.06 bits per heavy atom. The fourth-order valence-corrected chi connectivity index (χ4v) is 7.56. The predicted octanol–water partition coefficient (Wildman–Crippen LogP) is 1.22. The summed E-state index contributed by atoms with van der Waals surface area (Å²) in [4.78, 5) is 73.9. The van der Waals surface area contributed by atoms with Crippen molar-refractivity contribution in [3.05, 3.63) is 12.2 Å². The first-order valence-corrected chi connectivity index (χ1v) is 21.7. The number of likely N-dealkylation sites (tertiary alicyclic amines) is 1. The lowest BCUT2D eigenvalue weighted by Gasteiger charge is -2.30. The quantitative estimate of drug-likeness (QED) is 0.0513. The zero-order valence-electron chi connectivity index (χ0n) is 31.2. The summed E-state index contributed by atoms with van der Waals surface area (Å²) in [5.74, 6) is -0.910. The molecule has 19 nitrogen and oxygen atoms in total. The second-order valence-electron chi connectivity index (χ2n) is 12.7. The van der Waals surface area contributed by atoms with E-state index in [-0.39, 0.29) is 84.2 Å². The van der Waals surface area contributed by atoms with Crippen LogP contribution in [0.2, 0.25) is 0 Å². The van der Waals surface area contributed by atoms with E-state index in [9.17, 15) is 38.1 Å². The second-order valence-corrected chi connectivity index (χ2v) is 16.7. The minimum Gasteiger partial charge on any atom is -0.756 e. The van der Waals surface area contributed by atoms with Crippen LogP contribution in [-0.4, -0.2) is 149 Å². The Kier molecular flexibility index (Phi) is 23.7. The van der Waals surface area contributed by atoms with Gasteiger partial charge in [-0.05, 0) is 39.4 Å². The van der Waals surface area contributed by atoms with Crippen molar-refractivity contribution >= 4 is 51.0 Å². The number of thioether (sulfide) groups is 1. The zero-order chi connectivity index (χ0) is 39.9. The summed E-state index contributed by atoms with van der Waals surface area (Å²) >= 11 is 1.39. The van der Waals surface area contributed by atoms with Gasteiger partial charge in [0.05, 0.1) is 96.7 Å². The van der Waals surface area contributed by atoms with Crippen LogP contribution in [0.5, 0.6) is 0 Å². The average Bonchev–Trinajstić information content (AvgIpc) is 3.55. The van der Waals surface area contributed by atoms with Gasteiger partial charge in [0.2, 0.25) is 11.8 Å². The van der Waals surface area contributed by atoms with Gasteiger partial charge in [0.15, 0.2) is 0 Å². The lowest BCUT2D eigenvalue weighted by molar-refractivity contribution is -0.234. The van der Waals surface area contributed by atoms with E-state index < -0.39 is 38.3 Å². The lowest BCUT2D eigenvalue weighted by Crippen LogP contribution is -2.41. The summed E-state index contributed by atoms with van der Waals surface area (Å²) < 4.78 is 69.4. The lowest BCUT2D eigenvalue weighted by atomic mass is 10.2. The minimum atomic E-state index is -4.46. The molecular formula is C32H54N2O17P2S-2. The number of hydrogen-bond acceptors (Lipinski definition) is 18. The van der Waals surface area contributed by atoms with E-state index >= 15 is 0 Å². The van der Waals surface area contributed by atoms with Gasteiger partial charge in [-0.3, -0.25) is 38.1 Å². The largest absolute Gasteiger partial charge is 0.756 e. The van der Waals surface area contributed by atoms with Crippen LogP contribution in [0.1, 0.15) is 52.9 Å². The molecule has 2 heterocycles. The summed E-state index contributed by atoms with van der Waals surface area (Å²) in [5.41, 5.74) is -0.866. The summed E-state index contributed by atoms with van der Waals surface area (Å²) in [6, 6.07) is 0. The van der Waals surface area contributed by atoms with Crippen LogP contribution in [-0.2, 0) is 70.1 Å². The Morgan fingerprint density at radius 1 is 0.630 bits per heavy atom. The highest BCUT2D eigenvalue weighted by molar-refractivity contribution is 8.00. The van der Waals surface area contributed by atoms with Crippen molar-refractivity contribution in [3.63, 3.8) is 0 Å². The maximum atomic E-state index is 12.6. The third-order valence-corrected chi connectivity index (χ3v) is 10.6. The zero-order valence-corrected chi connectivity index (χ0v) is 33.8. The van der Waals surface area contributed by atoms with Gasteiger partial charge in [-0.1, -0.05) is 12.8 Å². The summed E-state index contributed by atoms with van der Waals surface area (Å²) in [5, 5.41) is -0.493. The molecule has 0 aliphatic carbocycles. The molecule has 0 aromatic rings. The van der Waals surface area contributed by atoms with Gasteiger partial charge in [-0.25, -0.2) is 0 Å². The molecule has 3 atom stereocenters. The molecule has 0 radical (unpaired) electrons. The Balaban J connectivity index is 1.31. The number of phosphoric acid groups is 2. The number of ether oxygens (including phenoxy) is 5. The van der Waals surface area contributed by atoms with E-state index in [1.807, 2.05) is 0 Å². The SMILES string of the molecule is CC(C)(C)OP(=O)([O-])OCCOCCOCCOCCOCCOCCOP(=O)([O-])OCCCCCCSC1CC(=O)N(CCN2C(=O)C=CC2=O)C1=O. The number of unbranched alkanes of at least 4 members (excludes halogenated alkanes) is 3. The van der Waals surface area contributed by atoms with Crippen molar-refractivity contribution in [1.82, 2.24) is 9.80 Å². The van der Waals surface area contributed by atoms with Gasteiger partial charge in [0, 0.05) is 31.7 Å². The van der Waals surface area contributed by atoms with Crippen LogP contribution < -0.4 is 9.79 Å².